The van der Waals surface area contributed by atoms with Crippen LogP contribution in [0.1, 0.15) is 43.8 Å². The molecule has 0 aliphatic rings. The topological polar surface area (TPSA) is 39.1 Å². The van der Waals surface area contributed by atoms with Gasteiger partial charge in [-0.05, 0) is 39.4 Å². The summed E-state index contributed by atoms with van der Waals surface area (Å²) in [6, 6.07) is 10.6. The van der Waals surface area contributed by atoms with E-state index in [1.165, 1.54) is 5.56 Å². The van der Waals surface area contributed by atoms with Crippen molar-refractivity contribution in [2.24, 2.45) is 0 Å². The summed E-state index contributed by atoms with van der Waals surface area (Å²) in [5.41, 5.74) is 3.42. The lowest BCUT2D eigenvalue weighted by Crippen LogP contribution is -2.14. The van der Waals surface area contributed by atoms with Gasteiger partial charge in [0.05, 0.1) is 11.4 Å². The van der Waals surface area contributed by atoms with E-state index in [4.69, 9.17) is 4.74 Å². The first kappa shape index (κ1) is 15.6. The van der Waals surface area contributed by atoms with Crippen LogP contribution in [0.2, 0.25) is 0 Å². The van der Waals surface area contributed by atoms with Crippen molar-refractivity contribution in [3.05, 3.63) is 47.3 Å². The number of ether oxygens (including phenoxy) is 1. The Balaban J connectivity index is 2.15. The third-order valence-corrected chi connectivity index (χ3v) is 3.77. The molecule has 1 N–H and O–H groups in total. The highest BCUT2D eigenvalue weighted by molar-refractivity contribution is 5.35. The molecule has 0 bridgehead atoms. The predicted octanol–water partition coefficient (Wildman–Crippen LogP) is 3.32. The van der Waals surface area contributed by atoms with E-state index >= 15 is 0 Å². The van der Waals surface area contributed by atoms with Crippen molar-refractivity contribution in [2.45, 2.75) is 46.4 Å². The molecule has 0 aliphatic heterocycles. The first-order valence-corrected chi connectivity index (χ1v) is 7.64. The van der Waals surface area contributed by atoms with Gasteiger partial charge in [-0.1, -0.05) is 25.1 Å². The summed E-state index contributed by atoms with van der Waals surface area (Å²) in [6.07, 6.45) is 0.952. The summed E-state index contributed by atoms with van der Waals surface area (Å²) in [5.74, 6) is 0.932. The van der Waals surface area contributed by atoms with E-state index in [9.17, 15) is 0 Å². The van der Waals surface area contributed by atoms with E-state index in [-0.39, 0.29) is 6.04 Å². The molecule has 1 heterocycles. The molecule has 0 spiro atoms. The second kappa shape index (κ2) is 7.27. The van der Waals surface area contributed by atoms with Gasteiger partial charge in [-0.3, -0.25) is 4.68 Å². The molecule has 4 heteroatoms. The van der Waals surface area contributed by atoms with E-state index < -0.39 is 0 Å². The summed E-state index contributed by atoms with van der Waals surface area (Å²) >= 11 is 0. The number of aryl methyl sites for hydroxylation is 2. The van der Waals surface area contributed by atoms with Crippen LogP contribution in [0.25, 0.3) is 0 Å². The molecular weight excluding hydrogens is 262 g/mol. The number of hydrogen-bond acceptors (Lipinski definition) is 3. The van der Waals surface area contributed by atoms with Crippen LogP contribution in [0.5, 0.6) is 5.75 Å². The SMILES string of the molecule is CCc1cc(COc2ccccc2C(C)NC)n(CC)n1. The fourth-order valence-electron chi connectivity index (χ4n) is 2.35. The van der Waals surface area contributed by atoms with Crippen LogP contribution in [0.3, 0.4) is 0 Å². The van der Waals surface area contributed by atoms with Crippen LogP contribution in [-0.2, 0) is 19.6 Å². The van der Waals surface area contributed by atoms with Crippen LogP contribution in [-0.4, -0.2) is 16.8 Å². The van der Waals surface area contributed by atoms with E-state index in [1.54, 1.807) is 0 Å². The second-order valence-corrected chi connectivity index (χ2v) is 5.13. The molecule has 114 valence electrons. The monoisotopic (exact) mass is 287 g/mol. The second-order valence-electron chi connectivity index (χ2n) is 5.13. The molecular formula is C17H25N3O. The Labute approximate surface area is 127 Å². The number of aromatic nitrogens is 2. The zero-order chi connectivity index (χ0) is 15.2. The van der Waals surface area contributed by atoms with Gasteiger partial charge in [0.15, 0.2) is 0 Å². The maximum absolute atomic E-state index is 6.05. The lowest BCUT2D eigenvalue weighted by molar-refractivity contribution is 0.287. The van der Waals surface area contributed by atoms with Crippen molar-refractivity contribution in [3.8, 4) is 5.75 Å². The molecule has 4 nitrogen and oxygen atoms in total. The van der Waals surface area contributed by atoms with Crippen molar-refractivity contribution in [3.63, 3.8) is 0 Å². The highest BCUT2D eigenvalue weighted by Gasteiger charge is 2.11. The summed E-state index contributed by atoms with van der Waals surface area (Å²) in [5, 5.41) is 7.82. The quantitative estimate of drug-likeness (QED) is 0.849. The predicted molar refractivity (Wildman–Crippen MR) is 85.5 cm³/mol. The molecule has 1 aromatic carbocycles. The summed E-state index contributed by atoms with van der Waals surface area (Å²) in [4.78, 5) is 0. The molecule has 1 unspecified atom stereocenters. The van der Waals surface area contributed by atoms with Crippen molar-refractivity contribution < 1.29 is 4.74 Å². The van der Waals surface area contributed by atoms with Crippen LogP contribution in [0.15, 0.2) is 30.3 Å². The van der Waals surface area contributed by atoms with Crippen molar-refractivity contribution in [1.29, 1.82) is 0 Å². The van der Waals surface area contributed by atoms with Crippen LogP contribution >= 0.6 is 0 Å². The number of para-hydroxylation sites is 1. The van der Waals surface area contributed by atoms with Crippen molar-refractivity contribution in [1.82, 2.24) is 15.1 Å². The van der Waals surface area contributed by atoms with Crippen molar-refractivity contribution in [2.75, 3.05) is 7.05 Å². The number of nitrogens with one attached hydrogen (secondary N) is 1. The van der Waals surface area contributed by atoms with Gasteiger partial charge < -0.3 is 10.1 Å². The minimum Gasteiger partial charge on any atom is -0.487 e. The van der Waals surface area contributed by atoms with Gasteiger partial charge in [0.25, 0.3) is 0 Å². The number of hydrogen-bond donors (Lipinski definition) is 1. The van der Waals surface area contributed by atoms with Crippen molar-refractivity contribution >= 4 is 0 Å². The average Bonchev–Trinajstić information content (AvgIpc) is 2.94. The Morgan fingerprint density at radius 2 is 2.05 bits per heavy atom. The van der Waals surface area contributed by atoms with E-state index in [2.05, 4.69) is 43.3 Å². The van der Waals surface area contributed by atoms with Gasteiger partial charge in [0, 0.05) is 18.2 Å². The van der Waals surface area contributed by atoms with Gasteiger partial charge in [-0.25, -0.2) is 0 Å². The number of benzene rings is 1. The fourth-order valence-corrected chi connectivity index (χ4v) is 2.35. The third kappa shape index (κ3) is 3.64. The van der Waals surface area contributed by atoms with Gasteiger partial charge >= 0.3 is 0 Å². The Morgan fingerprint density at radius 3 is 2.71 bits per heavy atom. The third-order valence-electron chi connectivity index (χ3n) is 3.77. The highest BCUT2D eigenvalue weighted by Crippen LogP contribution is 2.25. The van der Waals surface area contributed by atoms with Gasteiger partial charge in [0.2, 0.25) is 0 Å². The van der Waals surface area contributed by atoms with Gasteiger partial charge in [-0.2, -0.15) is 5.10 Å². The standard InChI is InChI=1S/C17H25N3O/c1-5-14-11-15(20(6-2)19-14)12-21-17-10-8-7-9-16(17)13(3)18-4/h7-11,13,18H,5-6,12H2,1-4H3. The first-order valence-electron chi connectivity index (χ1n) is 7.64. The molecule has 2 rings (SSSR count). The lowest BCUT2D eigenvalue weighted by Gasteiger charge is -2.16. The normalized spacial score (nSPS) is 12.4. The van der Waals surface area contributed by atoms with Crippen LogP contribution in [0.4, 0.5) is 0 Å². The minimum atomic E-state index is 0.267. The molecule has 0 fully saturated rings. The van der Waals surface area contributed by atoms with Crippen LogP contribution < -0.4 is 10.1 Å². The van der Waals surface area contributed by atoms with Gasteiger partial charge in [-0.15, -0.1) is 0 Å². The molecule has 1 atom stereocenters. The molecule has 21 heavy (non-hydrogen) atoms. The fraction of sp³-hybridized carbons (Fsp3) is 0.471. The van der Waals surface area contributed by atoms with Gasteiger partial charge in [0.1, 0.15) is 12.4 Å². The Bertz CT molecular complexity index is 577. The average molecular weight is 287 g/mol. The Morgan fingerprint density at radius 1 is 1.29 bits per heavy atom. The molecule has 0 saturated carbocycles. The molecule has 2 aromatic rings. The Kier molecular flexibility index (Phi) is 5.39. The van der Waals surface area contributed by atoms with E-state index in [0.29, 0.717) is 6.61 Å². The molecule has 1 aromatic heterocycles. The summed E-state index contributed by atoms with van der Waals surface area (Å²) < 4.78 is 8.06. The largest absolute Gasteiger partial charge is 0.487 e. The molecule has 0 radical (unpaired) electrons. The smallest absolute Gasteiger partial charge is 0.130 e. The maximum atomic E-state index is 6.05. The Hall–Kier alpha value is -1.81. The lowest BCUT2D eigenvalue weighted by atomic mass is 10.1. The maximum Gasteiger partial charge on any atom is 0.130 e. The molecule has 0 amide bonds. The molecule has 0 saturated heterocycles. The number of rotatable bonds is 7. The first-order chi connectivity index (χ1) is 10.2. The van der Waals surface area contributed by atoms with E-state index in [0.717, 1.165) is 30.1 Å². The zero-order valence-corrected chi connectivity index (χ0v) is 13.4. The summed E-state index contributed by atoms with van der Waals surface area (Å²) in [6.45, 7) is 7.78. The minimum absolute atomic E-state index is 0.267. The van der Waals surface area contributed by atoms with Crippen LogP contribution in [0, 0.1) is 0 Å². The highest BCUT2D eigenvalue weighted by atomic mass is 16.5. The zero-order valence-electron chi connectivity index (χ0n) is 13.4. The molecule has 0 aliphatic carbocycles. The van der Waals surface area contributed by atoms with E-state index in [1.807, 2.05) is 29.9 Å². The summed E-state index contributed by atoms with van der Waals surface area (Å²) in [7, 11) is 1.96. The number of nitrogens with zero attached hydrogens (tertiary/aromatic N) is 2.